The van der Waals surface area contributed by atoms with E-state index >= 15 is 0 Å². The molecule has 6 heteroatoms. The van der Waals surface area contributed by atoms with Gasteiger partial charge in [0.25, 0.3) is 0 Å². The van der Waals surface area contributed by atoms with Crippen molar-refractivity contribution in [1.82, 2.24) is 9.78 Å². The van der Waals surface area contributed by atoms with Gasteiger partial charge in [-0.2, -0.15) is 5.10 Å². The second-order valence-electron chi connectivity index (χ2n) is 6.55. The van der Waals surface area contributed by atoms with E-state index in [-0.39, 0.29) is 18.2 Å². The van der Waals surface area contributed by atoms with Crippen molar-refractivity contribution >= 4 is 23.2 Å². The zero-order chi connectivity index (χ0) is 18.6. The number of rotatable bonds is 5. The fourth-order valence-electron chi connectivity index (χ4n) is 3.24. The van der Waals surface area contributed by atoms with Crippen molar-refractivity contribution < 1.29 is 9.59 Å². The molecule has 1 aliphatic heterocycles. The normalized spacial score (nSPS) is 13.8. The zero-order valence-corrected chi connectivity index (χ0v) is 14.8. The number of benzene rings is 2. The molecule has 1 saturated heterocycles. The van der Waals surface area contributed by atoms with E-state index in [1.165, 1.54) is 0 Å². The lowest BCUT2D eigenvalue weighted by Gasteiger charge is -2.16. The van der Waals surface area contributed by atoms with Gasteiger partial charge in [0.05, 0.1) is 18.3 Å². The molecule has 0 radical (unpaired) electrons. The predicted octanol–water partition coefficient (Wildman–Crippen LogP) is 3.18. The molecule has 0 bridgehead atoms. The molecule has 2 heterocycles. The molecule has 0 unspecified atom stereocenters. The van der Waals surface area contributed by atoms with Crippen molar-refractivity contribution in [3.63, 3.8) is 0 Å². The third-order valence-corrected chi connectivity index (χ3v) is 4.54. The van der Waals surface area contributed by atoms with Gasteiger partial charge in [0.1, 0.15) is 0 Å². The molecule has 27 heavy (non-hydrogen) atoms. The van der Waals surface area contributed by atoms with Crippen LogP contribution in [0.15, 0.2) is 67.0 Å². The van der Waals surface area contributed by atoms with Crippen molar-refractivity contribution in [2.24, 2.45) is 0 Å². The molecule has 2 amide bonds. The topological polar surface area (TPSA) is 67.2 Å². The Labute approximate surface area is 157 Å². The average Bonchev–Trinajstić information content (AvgIpc) is 3.31. The van der Waals surface area contributed by atoms with Gasteiger partial charge in [0.2, 0.25) is 11.8 Å². The highest BCUT2D eigenvalue weighted by molar-refractivity contribution is 5.97. The Morgan fingerprint density at radius 2 is 1.89 bits per heavy atom. The smallest absolute Gasteiger partial charge is 0.228 e. The third-order valence-electron chi connectivity index (χ3n) is 4.54. The summed E-state index contributed by atoms with van der Waals surface area (Å²) in [5.74, 6) is 0.0133. The summed E-state index contributed by atoms with van der Waals surface area (Å²) in [6.07, 6.45) is 5.25. The van der Waals surface area contributed by atoms with E-state index in [0.29, 0.717) is 12.1 Å². The van der Waals surface area contributed by atoms with Gasteiger partial charge < -0.3 is 10.2 Å². The second kappa shape index (κ2) is 7.45. The van der Waals surface area contributed by atoms with Crippen LogP contribution in [0.4, 0.5) is 11.4 Å². The van der Waals surface area contributed by atoms with Crippen LogP contribution in [0.2, 0.25) is 0 Å². The van der Waals surface area contributed by atoms with E-state index in [0.717, 1.165) is 29.9 Å². The first kappa shape index (κ1) is 17.0. The molecule has 1 aliphatic rings. The minimum absolute atomic E-state index is 0.118. The van der Waals surface area contributed by atoms with Crippen LogP contribution in [0.5, 0.6) is 0 Å². The minimum atomic E-state index is -0.118. The summed E-state index contributed by atoms with van der Waals surface area (Å²) in [7, 11) is 0. The number of hydrogen-bond acceptors (Lipinski definition) is 3. The van der Waals surface area contributed by atoms with Crippen LogP contribution in [0, 0.1) is 0 Å². The largest absolute Gasteiger partial charge is 0.326 e. The summed E-state index contributed by atoms with van der Waals surface area (Å²) in [4.78, 5) is 26.1. The van der Waals surface area contributed by atoms with E-state index in [1.807, 2.05) is 60.8 Å². The summed E-state index contributed by atoms with van der Waals surface area (Å²) in [5, 5.41) is 7.22. The van der Waals surface area contributed by atoms with E-state index < -0.39 is 0 Å². The molecule has 0 aliphatic carbocycles. The lowest BCUT2D eigenvalue weighted by atomic mass is 10.2. The molecular formula is C21H20N4O2. The van der Waals surface area contributed by atoms with Crippen molar-refractivity contribution in [2.45, 2.75) is 19.3 Å². The van der Waals surface area contributed by atoms with Gasteiger partial charge in [0.15, 0.2) is 0 Å². The van der Waals surface area contributed by atoms with Crippen molar-refractivity contribution in [3.8, 4) is 5.69 Å². The van der Waals surface area contributed by atoms with Crippen LogP contribution < -0.4 is 10.2 Å². The summed E-state index contributed by atoms with van der Waals surface area (Å²) in [6.45, 7) is 0.731. The molecule has 3 aromatic rings. The molecule has 1 fully saturated rings. The molecule has 4 rings (SSSR count). The number of carbonyl (C=O) groups excluding carboxylic acids is 2. The number of nitrogens with one attached hydrogen (secondary N) is 1. The standard InChI is InChI=1S/C21H20N4O2/c26-20(12-16-14-22-25(15-16)18-7-2-1-3-8-18)23-17-6-4-9-19(13-17)24-11-5-10-21(24)27/h1-4,6-9,13-15H,5,10-12H2,(H,23,26). The van der Waals surface area contributed by atoms with E-state index in [2.05, 4.69) is 10.4 Å². The second-order valence-corrected chi connectivity index (χ2v) is 6.55. The highest BCUT2D eigenvalue weighted by Crippen LogP contribution is 2.24. The van der Waals surface area contributed by atoms with Gasteiger partial charge in [-0.05, 0) is 42.3 Å². The number of amides is 2. The Bertz CT molecular complexity index is 965. The molecule has 0 spiro atoms. The quantitative estimate of drug-likeness (QED) is 0.760. The maximum absolute atomic E-state index is 12.4. The number of para-hydroxylation sites is 1. The Hall–Kier alpha value is -3.41. The van der Waals surface area contributed by atoms with Gasteiger partial charge >= 0.3 is 0 Å². The Morgan fingerprint density at radius 1 is 1.07 bits per heavy atom. The lowest BCUT2D eigenvalue weighted by Crippen LogP contribution is -2.23. The molecule has 0 saturated carbocycles. The van der Waals surface area contributed by atoms with Crippen LogP contribution in [0.3, 0.4) is 0 Å². The number of hydrogen-bond donors (Lipinski definition) is 1. The predicted molar refractivity (Wildman–Crippen MR) is 104 cm³/mol. The number of nitrogens with zero attached hydrogens (tertiary/aromatic N) is 3. The molecule has 0 atom stereocenters. The first-order chi connectivity index (χ1) is 13.2. The van der Waals surface area contributed by atoms with Gasteiger partial charge in [-0.15, -0.1) is 0 Å². The van der Waals surface area contributed by atoms with Gasteiger partial charge in [-0.3, -0.25) is 9.59 Å². The summed E-state index contributed by atoms with van der Waals surface area (Å²) in [6, 6.07) is 17.2. The summed E-state index contributed by atoms with van der Waals surface area (Å²) in [5.41, 5.74) is 3.30. The monoisotopic (exact) mass is 360 g/mol. The van der Waals surface area contributed by atoms with Crippen LogP contribution >= 0.6 is 0 Å². The molecule has 2 aromatic carbocycles. The van der Waals surface area contributed by atoms with Crippen molar-refractivity contribution in [3.05, 3.63) is 72.6 Å². The zero-order valence-electron chi connectivity index (χ0n) is 14.8. The minimum Gasteiger partial charge on any atom is -0.326 e. The van der Waals surface area contributed by atoms with E-state index in [9.17, 15) is 9.59 Å². The fourth-order valence-corrected chi connectivity index (χ4v) is 3.24. The van der Waals surface area contributed by atoms with Crippen LogP contribution in [-0.4, -0.2) is 28.1 Å². The highest BCUT2D eigenvalue weighted by atomic mass is 16.2. The van der Waals surface area contributed by atoms with Gasteiger partial charge in [-0.1, -0.05) is 24.3 Å². The molecule has 136 valence electrons. The van der Waals surface area contributed by atoms with Crippen LogP contribution in [0.1, 0.15) is 18.4 Å². The average molecular weight is 360 g/mol. The van der Waals surface area contributed by atoms with E-state index in [4.69, 9.17) is 0 Å². The van der Waals surface area contributed by atoms with E-state index in [1.54, 1.807) is 15.8 Å². The van der Waals surface area contributed by atoms with Gasteiger partial charge in [-0.25, -0.2) is 4.68 Å². The SMILES string of the molecule is O=C(Cc1cnn(-c2ccccc2)c1)Nc1cccc(N2CCCC2=O)c1. The first-order valence-electron chi connectivity index (χ1n) is 8.98. The Balaban J connectivity index is 1.41. The number of anilines is 2. The molecule has 1 aromatic heterocycles. The van der Waals surface area contributed by atoms with Crippen LogP contribution in [-0.2, 0) is 16.0 Å². The Morgan fingerprint density at radius 3 is 2.67 bits per heavy atom. The maximum Gasteiger partial charge on any atom is 0.228 e. The summed E-state index contributed by atoms with van der Waals surface area (Å²) >= 11 is 0. The fraction of sp³-hybridized carbons (Fsp3) is 0.190. The lowest BCUT2D eigenvalue weighted by molar-refractivity contribution is -0.117. The van der Waals surface area contributed by atoms with Crippen molar-refractivity contribution in [1.29, 1.82) is 0 Å². The third kappa shape index (κ3) is 3.89. The van der Waals surface area contributed by atoms with Crippen molar-refractivity contribution in [2.75, 3.05) is 16.8 Å². The first-order valence-corrected chi connectivity index (χ1v) is 8.98. The Kier molecular flexibility index (Phi) is 4.70. The number of aromatic nitrogens is 2. The summed E-state index contributed by atoms with van der Waals surface area (Å²) < 4.78 is 1.75. The molecule has 1 N–H and O–H groups in total. The molecular weight excluding hydrogens is 340 g/mol. The highest BCUT2D eigenvalue weighted by Gasteiger charge is 2.21. The van der Waals surface area contributed by atoms with Gasteiger partial charge in [0, 0.05) is 30.5 Å². The number of carbonyl (C=O) groups is 2. The molecule has 6 nitrogen and oxygen atoms in total. The van der Waals surface area contributed by atoms with Crippen LogP contribution in [0.25, 0.3) is 5.69 Å². The maximum atomic E-state index is 12.4.